The molecule has 0 spiro atoms. The molecule has 3 nitrogen and oxygen atoms in total. The van der Waals surface area contributed by atoms with E-state index in [1.807, 2.05) is 0 Å². The first-order valence-electron chi connectivity index (χ1n) is 6.50. The quantitative estimate of drug-likeness (QED) is 0.543. The lowest BCUT2D eigenvalue weighted by Gasteiger charge is -2.24. The molecule has 0 unspecified atom stereocenters. The zero-order chi connectivity index (χ0) is 12.0. The third-order valence-corrected chi connectivity index (χ3v) is 3.32. The van der Waals surface area contributed by atoms with Gasteiger partial charge in [0.1, 0.15) is 0 Å². The van der Waals surface area contributed by atoms with Gasteiger partial charge in [-0.3, -0.25) is 4.99 Å². The van der Waals surface area contributed by atoms with Crippen LogP contribution in [0.25, 0.3) is 0 Å². The van der Waals surface area contributed by atoms with Gasteiger partial charge in [0.25, 0.3) is 0 Å². The highest BCUT2D eigenvalue weighted by Crippen LogP contribution is 2.26. The summed E-state index contributed by atoms with van der Waals surface area (Å²) in [6.07, 6.45) is 8.43. The van der Waals surface area contributed by atoms with Crippen LogP contribution >= 0.6 is 0 Å². The number of guanidine groups is 1. The van der Waals surface area contributed by atoms with Crippen molar-refractivity contribution in [3.05, 3.63) is 0 Å². The van der Waals surface area contributed by atoms with E-state index in [9.17, 15) is 0 Å². The second-order valence-corrected chi connectivity index (χ2v) is 5.26. The van der Waals surface area contributed by atoms with Crippen LogP contribution in [-0.4, -0.2) is 50.5 Å². The van der Waals surface area contributed by atoms with Crippen molar-refractivity contribution < 1.29 is 0 Å². The molecule has 0 aliphatic heterocycles. The van der Waals surface area contributed by atoms with Gasteiger partial charge in [-0.15, -0.1) is 0 Å². The molecule has 0 heterocycles. The van der Waals surface area contributed by atoms with E-state index in [0.717, 1.165) is 18.4 Å². The minimum atomic E-state index is 0.933. The number of hydrogen-bond donors (Lipinski definition) is 0. The minimum absolute atomic E-state index is 0.933. The first-order valence-corrected chi connectivity index (χ1v) is 6.50. The van der Waals surface area contributed by atoms with E-state index in [1.54, 1.807) is 0 Å². The van der Waals surface area contributed by atoms with Crippen LogP contribution in [0.5, 0.6) is 0 Å². The van der Waals surface area contributed by atoms with Gasteiger partial charge in [-0.2, -0.15) is 0 Å². The van der Waals surface area contributed by atoms with Crippen LogP contribution in [0.2, 0.25) is 0 Å². The topological polar surface area (TPSA) is 18.8 Å². The third kappa shape index (κ3) is 4.42. The van der Waals surface area contributed by atoms with Crippen molar-refractivity contribution in [1.82, 2.24) is 9.80 Å². The van der Waals surface area contributed by atoms with Crippen LogP contribution in [0.1, 0.15) is 38.5 Å². The zero-order valence-electron chi connectivity index (χ0n) is 11.4. The van der Waals surface area contributed by atoms with Gasteiger partial charge < -0.3 is 9.80 Å². The van der Waals surface area contributed by atoms with E-state index in [2.05, 4.69) is 43.0 Å². The fraction of sp³-hybridized carbons (Fsp3) is 0.923. The second kappa shape index (κ2) is 6.77. The Hall–Kier alpha value is -0.730. The smallest absolute Gasteiger partial charge is 0.195 e. The van der Waals surface area contributed by atoms with E-state index >= 15 is 0 Å². The van der Waals surface area contributed by atoms with Crippen molar-refractivity contribution in [2.45, 2.75) is 38.5 Å². The molecule has 1 fully saturated rings. The summed E-state index contributed by atoms with van der Waals surface area (Å²) in [5.41, 5.74) is 0. The second-order valence-electron chi connectivity index (χ2n) is 5.26. The predicted molar refractivity (Wildman–Crippen MR) is 70.9 cm³/mol. The zero-order valence-corrected chi connectivity index (χ0v) is 11.4. The average molecular weight is 225 g/mol. The Morgan fingerprint density at radius 3 is 2.06 bits per heavy atom. The predicted octanol–water partition coefficient (Wildman–Crippen LogP) is 2.44. The van der Waals surface area contributed by atoms with E-state index < -0.39 is 0 Å². The summed E-state index contributed by atoms with van der Waals surface area (Å²) in [5.74, 6) is 2.01. The van der Waals surface area contributed by atoms with Crippen molar-refractivity contribution in [3.8, 4) is 0 Å². The van der Waals surface area contributed by atoms with Gasteiger partial charge in [0.2, 0.25) is 0 Å². The van der Waals surface area contributed by atoms with E-state index in [0.29, 0.717) is 0 Å². The molecule has 0 aromatic rings. The van der Waals surface area contributed by atoms with Crippen molar-refractivity contribution in [2.75, 3.05) is 34.7 Å². The van der Waals surface area contributed by atoms with Crippen molar-refractivity contribution in [3.63, 3.8) is 0 Å². The molecule has 1 aliphatic rings. The first kappa shape index (κ1) is 13.3. The van der Waals surface area contributed by atoms with Crippen LogP contribution in [0.4, 0.5) is 0 Å². The highest BCUT2D eigenvalue weighted by atomic mass is 15.3. The van der Waals surface area contributed by atoms with Gasteiger partial charge in [0, 0.05) is 34.7 Å². The molecule has 3 heteroatoms. The van der Waals surface area contributed by atoms with E-state index in [4.69, 9.17) is 0 Å². The van der Waals surface area contributed by atoms with Crippen LogP contribution in [-0.2, 0) is 0 Å². The van der Waals surface area contributed by atoms with Gasteiger partial charge in [-0.05, 0) is 12.3 Å². The highest BCUT2D eigenvalue weighted by molar-refractivity contribution is 5.79. The van der Waals surface area contributed by atoms with Crippen molar-refractivity contribution in [1.29, 1.82) is 0 Å². The standard InChI is InChI=1S/C13H27N3/c1-15(2)13(16(3)4)14-11-10-12-8-6-5-7-9-12/h12H,5-11H2,1-4H3. The minimum Gasteiger partial charge on any atom is -0.349 e. The third-order valence-electron chi connectivity index (χ3n) is 3.32. The van der Waals surface area contributed by atoms with Crippen molar-refractivity contribution >= 4 is 5.96 Å². The highest BCUT2D eigenvalue weighted by Gasteiger charge is 2.13. The first-order chi connectivity index (χ1) is 7.61. The fourth-order valence-corrected chi connectivity index (χ4v) is 2.51. The fourth-order valence-electron chi connectivity index (χ4n) is 2.51. The molecule has 0 saturated heterocycles. The Labute approximate surface area is 101 Å². The maximum Gasteiger partial charge on any atom is 0.195 e. The Bertz CT molecular complexity index is 205. The normalized spacial score (nSPS) is 17.0. The maximum atomic E-state index is 4.69. The molecule has 0 N–H and O–H groups in total. The van der Waals surface area contributed by atoms with Crippen molar-refractivity contribution in [2.24, 2.45) is 10.9 Å². The van der Waals surface area contributed by atoms with E-state index in [-0.39, 0.29) is 0 Å². The van der Waals surface area contributed by atoms with Crippen LogP contribution in [0.3, 0.4) is 0 Å². The molecule has 0 aromatic heterocycles. The number of rotatable bonds is 3. The molecule has 16 heavy (non-hydrogen) atoms. The Kier molecular flexibility index (Phi) is 5.64. The molecule has 0 amide bonds. The summed E-state index contributed by atoms with van der Waals surface area (Å²) in [6, 6.07) is 0. The van der Waals surface area contributed by atoms with Crippen LogP contribution in [0, 0.1) is 5.92 Å². The summed E-state index contributed by atoms with van der Waals surface area (Å²) in [5, 5.41) is 0. The monoisotopic (exact) mass is 225 g/mol. The molecule has 1 rings (SSSR count). The Morgan fingerprint density at radius 1 is 1.00 bits per heavy atom. The number of aliphatic imine (C=N–C) groups is 1. The Morgan fingerprint density at radius 2 is 1.56 bits per heavy atom. The van der Waals surface area contributed by atoms with Crippen LogP contribution < -0.4 is 0 Å². The molecule has 0 radical (unpaired) electrons. The SMILES string of the molecule is CN(C)C(=NCCC1CCCCC1)N(C)C. The molecular formula is C13H27N3. The molecule has 0 aromatic carbocycles. The van der Waals surface area contributed by atoms with Crippen LogP contribution in [0.15, 0.2) is 4.99 Å². The van der Waals surface area contributed by atoms with Gasteiger partial charge in [0.15, 0.2) is 5.96 Å². The number of hydrogen-bond acceptors (Lipinski definition) is 1. The Balaban J connectivity index is 2.32. The lowest BCUT2D eigenvalue weighted by molar-refractivity contribution is 0.342. The summed E-state index contributed by atoms with van der Waals surface area (Å²) in [4.78, 5) is 8.85. The van der Waals surface area contributed by atoms with Gasteiger partial charge in [-0.25, -0.2) is 0 Å². The summed E-state index contributed by atoms with van der Waals surface area (Å²) in [7, 11) is 8.22. The molecular weight excluding hydrogens is 198 g/mol. The summed E-state index contributed by atoms with van der Waals surface area (Å²) < 4.78 is 0. The maximum absolute atomic E-state index is 4.69. The molecule has 1 saturated carbocycles. The summed E-state index contributed by atoms with van der Waals surface area (Å²) >= 11 is 0. The lowest BCUT2D eigenvalue weighted by Crippen LogP contribution is -2.35. The molecule has 0 bridgehead atoms. The number of nitrogens with zero attached hydrogens (tertiary/aromatic N) is 3. The molecule has 1 aliphatic carbocycles. The molecule has 0 atom stereocenters. The lowest BCUT2D eigenvalue weighted by atomic mass is 9.87. The van der Waals surface area contributed by atoms with Gasteiger partial charge in [0.05, 0.1) is 0 Å². The van der Waals surface area contributed by atoms with E-state index in [1.165, 1.54) is 38.5 Å². The largest absolute Gasteiger partial charge is 0.349 e. The van der Waals surface area contributed by atoms with Gasteiger partial charge >= 0.3 is 0 Å². The summed E-state index contributed by atoms with van der Waals surface area (Å²) in [6.45, 7) is 0.982. The molecule has 94 valence electrons. The van der Waals surface area contributed by atoms with Gasteiger partial charge in [-0.1, -0.05) is 32.1 Å². The average Bonchev–Trinajstić information content (AvgIpc) is 2.24.